The van der Waals surface area contributed by atoms with Crippen molar-refractivity contribution in [2.75, 3.05) is 0 Å². The number of fused-ring (bicyclic) bond motifs is 1. The first-order valence-electron chi connectivity index (χ1n) is 6.10. The van der Waals surface area contributed by atoms with Gasteiger partial charge in [0.05, 0.1) is 6.26 Å². The number of benzene rings is 1. The lowest BCUT2D eigenvalue weighted by atomic mass is 9.96. The monoisotopic (exact) mass is 215 g/mol. The number of ether oxygens (including phenoxy) is 1. The van der Waals surface area contributed by atoms with Gasteiger partial charge < -0.3 is 4.74 Å². The van der Waals surface area contributed by atoms with Gasteiger partial charge in [0, 0.05) is 0 Å². The van der Waals surface area contributed by atoms with Gasteiger partial charge in [-0.25, -0.2) is 0 Å². The van der Waals surface area contributed by atoms with Crippen LogP contribution < -0.4 is 0 Å². The van der Waals surface area contributed by atoms with Crippen LogP contribution in [0.4, 0.5) is 0 Å². The van der Waals surface area contributed by atoms with Crippen molar-refractivity contribution in [2.24, 2.45) is 0 Å². The lowest BCUT2D eigenvalue weighted by molar-refractivity contribution is 0.233. The van der Waals surface area contributed by atoms with E-state index < -0.39 is 0 Å². The molecule has 85 valence electrons. The van der Waals surface area contributed by atoms with Crippen molar-refractivity contribution in [1.29, 1.82) is 0 Å². The van der Waals surface area contributed by atoms with E-state index in [4.69, 9.17) is 4.74 Å². The molecule has 0 saturated heterocycles. The number of hydrogen-bond acceptors (Lipinski definition) is 1. The van der Waals surface area contributed by atoms with Crippen LogP contribution in [0.5, 0.6) is 0 Å². The SMILES string of the molecule is [CH2]CCCCCc1cccc2c1COC=C2. The summed E-state index contributed by atoms with van der Waals surface area (Å²) in [6, 6.07) is 6.53. The molecular formula is C15H19O. The highest BCUT2D eigenvalue weighted by Crippen LogP contribution is 2.23. The third-order valence-corrected chi connectivity index (χ3v) is 3.08. The normalized spacial score (nSPS) is 13.3. The van der Waals surface area contributed by atoms with E-state index in [1.165, 1.54) is 42.4 Å². The van der Waals surface area contributed by atoms with Crippen LogP contribution in [0.1, 0.15) is 42.4 Å². The molecule has 0 bridgehead atoms. The van der Waals surface area contributed by atoms with Crippen LogP contribution >= 0.6 is 0 Å². The van der Waals surface area contributed by atoms with Crippen LogP contribution in [0.3, 0.4) is 0 Å². The lowest BCUT2D eigenvalue weighted by Crippen LogP contribution is -2.02. The second-order valence-corrected chi connectivity index (χ2v) is 4.26. The van der Waals surface area contributed by atoms with Crippen LogP contribution in [0.25, 0.3) is 6.08 Å². The Morgan fingerprint density at radius 1 is 1.19 bits per heavy atom. The quantitative estimate of drug-likeness (QED) is 0.671. The Hall–Kier alpha value is -1.24. The molecular weight excluding hydrogens is 196 g/mol. The number of aryl methyl sites for hydroxylation is 1. The molecule has 1 aromatic rings. The Labute approximate surface area is 98.1 Å². The van der Waals surface area contributed by atoms with Gasteiger partial charge in [-0.3, -0.25) is 0 Å². The first-order chi connectivity index (χ1) is 7.92. The first kappa shape index (κ1) is 11.3. The van der Waals surface area contributed by atoms with Crippen LogP contribution in [0.2, 0.25) is 0 Å². The Bertz CT molecular complexity index is 366. The number of hydrogen-bond donors (Lipinski definition) is 0. The highest BCUT2D eigenvalue weighted by atomic mass is 16.5. The van der Waals surface area contributed by atoms with Gasteiger partial charge in [0.1, 0.15) is 6.61 Å². The standard InChI is InChI=1S/C15H19O/c1-2-3-4-5-7-13-8-6-9-14-10-11-16-12-15(13)14/h6,8-11H,1-5,7,12H2. The summed E-state index contributed by atoms with van der Waals surface area (Å²) in [5, 5.41) is 0. The zero-order valence-corrected chi connectivity index (χ0v) is 9.74. The molecule has 0 aromatic heterocycles. The Balaban J connectivity index is 2.01. The van der Waals surface area contributed by atoms with Crippen molar-refractivity contribution in [3.63, 3.8) is 0 Å². The van der Waals surface area contributed by atoms with Crippen molar-refractivity contribution in [3.05, 3.63) is 48.1 Å². The summed E-state index contributed by atoms with van der Waals surface area (Å²) in [7, 11) is 0. The minimum Gasteiger partial charge on any atom is -0.496 e. The van der Waals surface area contributed by atoms with Crippen molar-refractivity contribution in [1.82, 2.24) is 0 Å². The molecule has 16 heavy (non-hydrogen) atoms. The maximum absolute atomic E-state index is 5.37. The van der Waals surface area contributed by atoms with E-state index in [1.807, 2.05) is 0 Å². The van der Waals surface area contributed by atoms with Gasteiger partial charge >= 0.3 is 0 Å². The van der Waals surface area contributed by atoms with Crippen molar-refractivity contribution < 1.29 is 4.74 Å². The van der Waals surface area contributed by atoms with Crippen LogP contribution in [0, 0.1) is 6.92 Å². The summed E-state index contributed by atoms with van der Waals surface area (Å²) in [6.07, 6.45) is 9.84. The molecule has 0 N–H and O–H groups in total. The Morgan fingerprint density at radius 3 is 3.00 bits per heavy atom. The molecule has 1 aliphatic heterocycles. The van der Waals surface area contributed by atoms with Crippen LogP contribution in [0.15, 0.2) is 24.5 Å². The zero-order valence-electron chi connectivity index (χ0n) is 9.74. The molecule has 1 nitrogen and oxygen atoms in total. The summed E-state index contributed by atoms with van der Waals surface area (Å²) in [4.78, 5) is 0. The van der Waals surface area contributed by atoms with Gasteiger partial charge in [-0.1, -0.05) is 44.4 Å². The van der Waals surface area contributed by atoms with Gasteiger partial charge in [0.25, 0.3) is 0 Å². The fourth-order valence-electron chi connectivity index (χ4n) is 2.14. The number of rotatable bonds is 5. The van der Waals surface area contributed by atoms with E-state index in [0.29, 0.717) is 0 Å². The van der Waals surface area contributed by atoms with Crippen molar-refractivity contribution >= 4 is 6.08 Å². The second kappa shape index (κ2) is 5.74. The number of unbranched alkanes of at least 4 members (excludes halogenated alkanes) is 3. The molecule has 1 heteroatoms. The van der Waals surface area contributed by atoms with E-state index in [9.17, 15) is 0 Å². The molecule has 0 fully saturated rings. The largest absolute Gasteiger partial charge is 0.496 e. The first-order valence-corrected chi connectivity index (χ1v) is 6.10. The summed E-state index contributed by atoms with van der Waals surface area (Å²) >= 11 is 0. The topological polar surface area (TPSA) is 9.23 Å². The third-order valence-electron chi connectivity index (χ3n) is 3.08. The van der Waals surface area contributed by atoms with E-state index in [0.717, 1.165) is 13.0 Å². The van der Waals surface area contributed by atoms with Gasteiger partial charge in [-0.2, -0.15) is 0 Å². The van der Waals surface area contributed by atoms with E-state index in [-0.39, 0.29) is 0 Å². The van der Waals surface area contributed by atoms with E-state index in [1.54, 1.807) is 6.26 Å². The van der Waals surface area contributed by atoms with Crippen LogP contribution in [-0.4, -0.2) is 0 Å². The summed E-state index contributed by atoms with van der Waals surface area (Å²) in [5.74, 6) is 0. The maximum Gasteiger partial charge on any atom is 0.113 e. The molecule has 0 atom stereocenters. The predicted octanol–water partition coefficient (Wildman–Crippen LogP) is 4.12. The molecule has 2 rings (SSSR count). The highest BCUT2D eigenvalue weighted by molar-refractivity contribution is 5.56. The second-order valence-electron chi connectivity index (χ2n) is 4.26. The Kier molecular flexibility index (Phi) is 4.03. The maximum atomic E-state index is 5.37. The van der Waals surface area contributed by atoms with Gasteiger partial charge in [0.2, 0.25) is 0 Å². The molecule has 1 heterocycles. The average molecular weight is 215 g/mol. The third kappa shape index (κ3) is 2.66. The fraction of sp³-hybridized carbons (Fsp3) is 0.400. The van der Waals surface area contributed by atoms with E-state index >= 15 is 0 Å². The minimum atomic E-state index is 0.733. The molecule has 0 unspecified atom stereocenters. The summed E-state index contributed by atoms with van der Waals surface area (Å²) in [5.41, 5.74) is 4.14. The van der Waals surface area contributed by atoms with Crippen molar-refractivity contribution in [2.45, 2.75) is 38.7 Å². The van der Waals surface area contributed by atoms with E-state index in [2.05, 4.69) is 31.2 Å². The van der Waals surface area contributed by atoms with Gasteiger partial charge in [-0.15, -0.1) is 0 Å². The molecule has 0 spiro atoms. The lowest BCUT2D eigenvalue weighted by Gasteiger charge is -2.15. The average Bonchev–Trinajstić information content (AvgIpc) is 2.35. The molecule has 1 radical (unpaired) electrons. The zero-order chi connectivity index (χ0) is 11.2. The van der Waals surface area contributed by atoms with Gasteiger partial charge in [0.15, 0.2) is 0 Å². The van der Waals surface area contributed by atoms with Crippen molar-refractivity contribution in [3.8, 4) is 0 Å². The molecule has 1 aromatic carbocycles. The summed E-state index contributed by atoms with van der Waals surface area (Å²) in [6.45, 7) is 4.60. The molecule has 0 aliphatic carbocycles. The highest BCUT2D eigenvalue weighted by Gasteiger charge is 2.09. The molecule has 0 amide bonds. The predicted molar refractivity (Wildman–Crippen MR) is 67.8 cm³/mol. The summed E-state index contributed by atoms with van der Waals surface area (Å²) < 4.78 is 5.37. The smallest absolute Gasteiger partial charge is 0.113 e. The fourth-order valence-corrected chi connectivity index (χ4v) is 2.14. The molecule has 0 saturated carbocycles. The molecule has 1 aliphatic rings. The Morgan fingerprint density at radius 2 is 2.12 bits per heavy atom. The minimum absolute atomic E-state index is 0.733. The van der Waals surface area contributed by atoms with Gasteiger partial charge in [-0.05, 0) is 35.6 Å². The van der Waals surface area contributed by atoms with Crippen LogP contribution in [-0.2, 0) is 17.8 Å².